The van der Waals surface area contributed by atoms with Gasteiger partial charge in [-0.05, 0) is 82.1 Å². The highest BCUT2D eigenvalue weighted by atomic mass is 16.1. The molecule has 3 nitrogen and oxygen atoms in total. The highest BCUT2D eigenvalue weighted by Crippen LogP contribution is 2.24. The van der Waals surface area contributed by atoms with Crippen molar-refractivity contribution in [2.24, 2.45) is 0 Å². The number of aryl methyl sites for hydroxylation is 2. The van der Waals surface area contributed by atoms with Crippen LogP contribution in [0.15, 0.2) is 42.5 Å². The van der Waals surface area contributed by atoms with E-state index < -0.39 is 0 Å². The molecule has 0 radical (unpaired) electrons. The van der Waals surface area contributed by atoms with E-state index in [1.165, 1.54) is 27.8 Å². The van der Waals surface area contributed by atoms with Gasteiger partial charge < -0.3 is 15.4 Å². The van der Waals surface area contributed by atoms with E-state index in [1.54, 1.807) is 6.92 Å². The van der Waals surface area contributed by atoms with E-state index in [0.29, 0.717) is 6.42 Å². The molecule has 0 saturated carbocycles. The van der Waals surface area contributed by atoms with Gasteiger partial charge in [0, 0.05) is 13.0 Å². The summed E-state index contributed by atoms with van der Waals surface area (Å²) in [6, 6.07) is 15.4. The number of rotatable bonds is 8. The largest absolute Gasteiger partial charge is 0.323 e. The van der Waals surface area contributed by atoms with Crippen molar-refractivity contribution in [1.82, 2.24) is 10.6 Å². The van der Waals surface area contributed by atoms with Gasteiger partial charge in [0.05, 0.1) is 0 Å². The van der Waals surface area contributed by atoms with Gasteiger partial charge in [-0.25, -0.2) is 0 Å². The van der Waals surface area contributed by atoms with Crippen LogP contribution in [0.2, 0.25) is 0 Å². The number of nitrogens with one attached hydrogen (secondary N) is 2. The van der Waals surface area contributed by atoms with Gasteiger partial charge in [-0.3, -0.25) is 0 Å². The van der Waals surface area contributed by atoms with Crippen molar-refractivity contribution in [3.63, 3.8) is 0 Å². The Hall–Kier alpha value is -1.97. The fraction of sp³-hybridized carbons (Fsp3) is 0.435. The van der Waals surface area contributed by atoms with Crippen LogP contribution in [0.4, 0.5) is 0 Å². The lowest BCUT2D eigenvalue weighted by Gasteiger charge is -2.10. The molecule has 2 aromatic rings. The summed E-state index contributed by atoms with van der Waals surface area (Å²) in [5.41, 5.74) is 6.56. The molecule has 0 aromatic heterocycles. The lowest BCUT2D eigenvalue weighted by atomic mass is 9.96. The normalized spacial score (nSPS) is 10.2. The Morgan fingerprint density at radius 2 is 1.54 bits per heavy atom. The Labute approximate surface area is 159 Å². The predicted octanol–water partition coefficient (Wildman–Crippen LogP) is 4.52. The van der Waals surface area contributed by atoms with E-state index >= 15 is 0 Å². The zero-order valence-electron chi connectivity index (χ0n) is 17.0. The van der Waals surface area contributed by atoms with Crippen LogP contribution in [0.1, 0.15) is 42.9 Å². The van der Waals surface area contributed by atoms with E-state index in [4.69, 9.17) is 0 Å². The van der Waals surface area contributed by atoms with Crippen molar-refractivity contribution in [2.75, 3.05) is 21.1 Å². The summed E-state index contributed by atoms with van der Waals surface area (Å²) in [4.78, 5) is 11.0. The maximum Gasteiger partial charge on any atom is 0.129 e. The molecule has 0 aliphatic rings. The molecule has 2 N–H and O–H groups in total. The molecule has 0 unspecified atom stereocenters. The van der Waals surface area contributed by atoms with E-state index in [1.807, 2.05) is 21.1 Å². The average Bonchev–Trinajstić information content (AvgIpc) is 2.62. The van der Waals surface area contributed by atoms with Gasteiger partial charge in [0.2, 0.25) is 0 Å². The molecule has 0 saturated heterocycles. The van der Waals surface area contributed by atoms with Gasteiger partial charge in [0.15, 0.2) is 0 Å². The maximum atomic E-state index is 11.0. The molecular weight excluding hydrogens is 320 g/mol. The molecule has 0 amide bonds. The highest BCUT2D eigenvalue weighted by molar-refractivity contribution is 5.75. The van der Waals surface area contributed by atoms with Gasteiger partial charge in [0.1, 0.15) is 5.78 Å². The quantitative estimate of drug-likeness (QED) is 0.685. The molecule has 26 heavy (non-hydrogen) atoms. The van der Waals surface area contributed by atoms with Gasteiger partial charge in [0.25, 0.3) is 0 Å². The minimum atomic E-state index is 0.289. The first-order chi connectivity index (χ1) is 12.5. The van der Waals surface area contributed by atoms with Crippen LogP contribution in [-0.2, 0) is 17.8 Å². The SMILES string of the molecule is CNC.CNCc1ccc(-c2ccc(C)c(CCCCC(C)=O)c2)cc1. The van der Waals surface area contributed by atoms with Crippen molar-refractivity contribution in [3.05, 3.63) is 59.2 Å². The Balaban J connectivity index is 0.00000105. The molecular formula is C23H34N2O. The lowest BCUT2D eigenvalue weighted by molar-refractivity contribution is -0.117. The number of hydrogen-bond donors (Lipinski definition) is 2. The molecule has 2 aromatic carbocycles. The van der Waals surface area contributed by atoms with Crippen LogP contribution in [0, 0.1) is 6.92 Å². The van der Waals surface area contributed by atoms with E-state index in [0.717, 1.165) is 25.8 Å². The summed E-state index contributed by atoms with van der Waals surface area (Å²) in [6.45, 7) is 4.74. The molecule has 0 atom stereocenters. The summed E-state index contributed by atoms with van der Waals surface area (Å²) >= 11 is 0. The third-order valence-corrected chi connectivity index (χ3v) is 4.24. The maximum absolute atomic E-state index is 11.0. The molecule has 0 spiro atoms. The van der Waals surface area contributed by atoms with Crippen molar-refractivity contribution in [1.29, 1.82) is 0 Å². The zero-order chi connectivity index (χ0) is 19.4. The number of unbranched alkanes of at least 4 members (excludes halogenated alkanes) is 1. The fourth-order valence-corrected chi connectivity index (χ4v) is 2.83. The predicted molar refractivity (Wildman–Crippen MR) is 113 cm³/mol. The van der Waals surface area contributed by atoms with E-state index in [-0.39, 0.29) is 5.78 Å². The first-order valence-electron chi connectivity index (χ1n) is 9.43. The molecule has 0 bridgehead atoms. The molecule has 0 aliphatic carbocycles. The van der Waals surface area contributed by atoms with Crippen molar-refractivity contribution >= 4 is 5.78 Å². The fourth-order valence-electron chi connectivity index (χ4n) is 2.83. The van der Waals surface area contributed by atoms with Crippen LogP contribution < -0.4 is 10.6 Å². The summed E-state index contributed by atoms with van der Waals surface area (Å²) in [5, 5.41) is 5.92. The number of benzene rings is 2. The van der Waals surface area contributed by atoms with Crippen LogP contribution in [0.3, 0.4) is 0 Å². The molecule has 142 valence electrons. The second-order valence-corrected chi connectivity index (χ2v) is 6.78. The topological polar surface area (TPSA) is 41.1 Å². The highest BCUT2D eigenvalue weighted by Gasteiger charge is 2.04. The smallest absolute Gasteiger partial charge is 0.129 e. The lowest BCUT2D eigenvalue weighted by Crippen LogP contribution is -2.04. The van der Waals surface area contributed by atoms with Crippen LogP contribution in [0.25, 0.3) is 11.1 Å². The molecule has 0 fully saturated rings. The molecule has 0 aliphatic heterocycles. The summed E-state index contributed by atoms with van der Waals surface area (Å²) in [6.07, 6.45) is 3.80. The standard InChI is InChI=1S/C21H27NO.C2H7N/c1-16-8-11-21(14-20(16)7-5-4-6-17(2)23)19-12-9-18(10-13-19)15-22-3;1-3-2/h8-14,22H,4-7,15H2,1-3H3;3H,1-2H3. The zero-order valence-corrected chi connectivity index (χ0v) is 17.0. The third kappa shape index (κ3) is 7.94. The first-order valence-corrected chi connectivity index (χ1v) is 9.43. The second kappa shape index (κ2) is 12.4. The summed E-state index contributed by atoms with van der Waals surface area (Å²) in [5.74, 6) is 0.289. The van der Waals surface area contributed by atoms with Crippen molar-refractivity contribution < 1.29 is 4.79 Å². The Morgan fingerprint density at radius 3 is 2.12 bits per heavy atom. The minimum absolute atomic E-state index is 0.289. The van der Waals surface area contributed by atoms with Gasteiger partial charge in [-0.15, -0.1) is 0 Å². The average molecular weight is 355 g/mol. The molecule has 3 heteroatoms. The Morgan fingerprint density at radius 1 is 0.923 bits per heavy atom. The van der Waals surface area contributed by atoms with Crippen LogP contribution in [-0.4, -0.2) is 26.9 Å². The number of ketones is 1. The van der Waals surface area contributed by atoms with E-state index in [9.17, 15) is 4.79 Å². The Bertz CT molecular complexity index is 662. The third-order valence-electron chi connectivity index (χ3n) is 4.24. The number of hydrogen-bond acceptors (Lipinski definition) is 3. The minimum Gasteiger partial charge on any atom is -0.323 e. The van der Waals surface area contributed by atoms with Crippen LogP contribution in [0.5, 0.6) is 0 Å². The summed E-state index contributed by atoms with van der Waals surface area (Å²) < 4.78 is 0. The van der Waals surface area contributed by atoms with Gasteiger partial charge in [-0.1, -0.05) is 42.5 Å². The second-order valence-electron chi connectivity index (χ2n) is 6.78. The molecule has 2 rings (SSSR count). The number of carbonyl (C=O) groups is 1. The summed E-state index contributed by atoms with van der Waals surface area (Å²) in [7, 11) is 5.71. The number of carbonyl (C=O) groups excluding carboxylic acids is 1. The number of Topliss-reactive ketones (excluding diaryl/α,β-unsaturated/α-hetero) is 1. The molecule has 0 heterocycles. The van der Waals surface area contributed by atoms with Gasteiger partial charge >= 0.3 is 0 Å². The van der Waals surface area contributed by atoms with E-state index in [2.05, 4.69) is 60.0 Å². The van der Waals surface area contributed by atoms with Crippen LogP contribution >= 0.6 is 0 Å². The van der Waals surface area contributed by atoms with Gasteiger partial charge in [-0.2, -0.15) is 0 Å². The van der Waals surface area contributed by atoms with Crippen molar-refractivity contribution in [2.45, 2.75) is 46.1 Å². The van der Waals surface area contributed by atoms with Crippen molar-refractivity contribution in [3.8, 4) is 11.1 Å². The monoisotopic (exact) mass is 354 g/mol. The Kier molecular flexibility index (Phi) is 10.5. The first kappa shape index (κ1) is 22.1.